The zero-order valence-corrected chi connectivity index (χ0v) is 16.6. The van der Waals surface area contributed by atoms with Gasteiger partial charge in [0, 0.05) is 30.8 Å². The number of rotatable bonds is 3. The van der Waals surface area contributed by atoms with Crippen LogP contribution in [0.4, 0.5) is 11.8 Å². The van der Waals surface area contributed by atoms with Crippen LogP contribution in [0, 0.1) is 23.2 Å². The summed E-state index contributed by atoms with van der Waals surface area (Å²) in [6.07, 6.45) is 11.2. The lowest BCUT2D eigenvalue weighted by Crippen LogP contribution is -2.73. The van der Waals surface area contributed by atoms with Crippen LogP contribution in [-0.4, -0.2) is 39.9 Å². The molecule has 4 atom stereocenters. The highest BCUT2D eigenvalue weighted by Crippen LogP contribution is 2.63. The summed E-state index contributed by atoms with van der Waals surface area (Å²) in [7, 11) is 0. The Balaban J connectivity index is 1.27. The summed E-state index contributed by atoms with van der Waals surface area (Å²) in [5.41, 5.74) is -0.110. The minimum atomic E-state index is -0.953. The molecule has 4 bridgehead atoms. The van der Waals surface area contributed by atoms with Crippen LogP contribution >= 0.6 is 0 Å². The average Bonchev–Trinajstić information content (AvgIpc) is 3.34. The van der Waals surface area contributed by atoms with E-state index in [4.69, 9.17) is 4.98 Å². The van der Waals surface area contributed by atoms with Crippen LogP contribution in [0.3, 0.4) is 0 Å². The number of nitrogens with zero attached hydrogens (tertiary/aromatic N) is 3. The zero-order chi connectivity index (χ0) is 19.4. The van der Waals surface area contributed by atoms with E-state index in [9.17, 15) is 9.59 Å². The fraction of sp³-hybridized carbons (Fsp3) is 0.727. The predicted molar refractivity (Wildman–Crippen MR) is 106 cm³/mol. The fourth-order valence-electron chi connectivity index (χ4n) is 7.28. The molecule has 2 amide bonds. The van der Waals surface area contributed by atoms with E-state index in [1.165, 1.54) is 25.7 Å². The van der Waals surface area contributed by atoms with Crippen LogP contribution in [0.15, 0.2) is 6.20 Å². The van der Waals surface area contributed by atoms with Crippen molar-refractivity contribution in [1.29, 1.82) is 0 Å². The van der Waals surface area contributed by atoms with Crippen LogP contribution in [0.2, 0.25) is 0 Å². The Morgan fingerprint density at radius 2 is 2.00 bits per heavy atom. The molecule has 1 saturated heterocycles. The van der Waals surface area contributed by atoms with Crippen molar-refractivity contribution in [2.45, 2.75) is 69.4 Å². The van der Waals surface area contributed by atoms with Gasteiger partial charge in [0.2, 0.25) is 17.8 Å². The number of hydrogen-bond donors (Lipinski definition) is 2. The molecule has 3 heterocycles. The van der Waals surface area contributed by atoms with Gasteiger partial charge in [-0.05, 0) is 62.7 Å². The smallest absolute Gasteiger partial charge is 0.244 e. The molecule has 2 aliphatic heterocycles. The van der Waals surface area contributed by atoms with Gasteiger partial charge in [-0.2, -0.15) is 4.98 Å². The third-order valence-electron chi connectivity index (χ3n) is 8.96. The number of carbonyl (C=O) groups is 2. The minimum absolute atomic E-state index is 0.0253. The van der Waals surface area contributed by atoms with E-state index in [1.807, 2.05) is 11.1 Å². The second-order valence-corrected chi connectivity index (χ2v) is 10.6. The van der Waals surface area contributed by atoms with Crippen molar-refractivity contribution in [3.63, 3.8) is 0 Å². The van der Waals surface area contributed by atoms with E-state index in [-0.39, 0.29) is 17.4 Å². The molecule has 1 aromatic heterocycles. The zero-order valence-electron chi connectivity index (χ0n) is 16.6. The SMILES string of the molecule is O=C1NCC[C@@]12Cc1cnc(NC3CC4CCC3C4)nc1N(C13CC(C1)C3)C2=O. The molecule has 1 aromatic rings. The molecule has 0 radical (unpaired) electrons. The first kappa shape index (κ1) is 16.6. The van der Waals surface area contributed by atoms with Crippen molar-refractivity contribution in [2.75, 3.05) is 16.8 Å². The second kappa shape index (κ2) is 5.29. The molecular formula is C22H27N5O2. The van der Waals surface area contributed by atoms with Crippen LogP contribution in [0.5, 0.6) is 0 Å². The third kappa shape index (κ3) is 2.04. The molecule has 5 saturated carbocycles. The minimum Gasteiger partial charge on any atom is -0.355 e. The van der Waals surface area contributed by atoms with Crippen LogP contribution in [0.25, 0.3) is 0 Å². The van der Waals surface area contributed by atoms with Crippen LogP contribution < -0.4 is 15.5 Å². The summed E-state index contributed by atoms with van der Waals surface area (Å²) in [6, 6.07) is 0.460. The van der Waals surface area contributed by atoms with Gasteiger partial charge in [-0.1, -0.05) is 6.42 Å². The molecule has 0 aromatic carbocycles. The van der Waals surface area contributed by atoms with Gasteiger partial charge in [0.15, 0.2) is 0 Å². The van der Waals surface area contributed by atoms with Crippen molar-refractivity contribution >= 4 is 23.6 Å². The first-order chi connectivity index (χ1) is 14.1. The van der Waals surface area contributed by atoms with Gasteiger partial charge in [-0.15, -0.1) is 0 Å². The molecule has 7 heteroatoms. The van der Waals surface area contributed by atoms with Gasteiger partial charge >= 0.3 is 0 Å². The Labute approximate surface area is 170 Å². The van der Waals surface area contributed by atoms with Gasteiger partial charge < -0.3 is 10.6 Å². The molecule has 2 N–H and O–H groups in total. The molecular weight excluding hydrogens is 366 g/mol. The number of nitrogens with one attached hydrogen (secondary N) is 2. The Kier molecular flexibility index (Phi) is 3.03. The van der Waals surface area contributed by atoms with E-state index in [0.29, 0.717) is 31.4 Å². The molecule has 3 unspecified atom stereocenters. The largest absolute Gasteiger partial charge is 0.355 e. The Morgan fingerprint density at radius 3 is 2.62 bits per heavy atom. The predicted octanol–water partition coefficient (Wildman–Crippen LogP) is 2.02. The normalized spacial score (nSPS) is 43.8. The van der Waals surface area contributed by atoms with Gasteiger partial charge in [0.05, 0.1) is 5.54 Å². The van der Waals surface area contributed by atoms with Crippen LogP contribution in [0.1, 0.15) is 56.9 Å². The molecule has 6 fully saturated rings. The number of anilines is 2. The molecule has 29 heavy (non-hydrogen) atoms. The number of aromatic nitrogens is 2. The molecule has 5 aliphatic carbocycles. The highest BCUT2D eigenvalue weighted by Gasteiger charge is 2.67. The monoisotopic (exact) mass is 393 g/mol. The Bertz CT molecular complexity index is 930. The van der Waals surface area contributed by atoms with Crippen molar-refractivity contribution in [2.24, 2.45) is 23.2 Å². The molecule has 7 nitrogen and oxygen atoms in total. The lowest BCUT2D eigenvalue weighted by atomic mass is 9.48. The lowest BCUT2D eigenvalue weighted by molar-refractivity contribution is -0.144. The van der Waals surface area contributed by atoms with Crippen molar-refractivity contribution in [3.8, 4) is 0 Å². The highest BCUT2D eigenvalue weighted by molar-refractivity contribution is 6.15. The highest BCUT2D eigenvalue weighted by atomic mass is 16.2. The van der Waals surface area contributed by atoms with Crippen molar-refractivity contribution in [1.82, 2.24) is 15.3 Å². The first-order valence-electron chi connectivity index (χ1n) is 11.3. The second-order valence-electron chi connectivity index (χ2n) is 10.6. The van der Waals surface area contributed by atoms with Gasteiger partial charge in [0.1, 0.15) is 11.2 Å². The first-order valence-corrected chi connectivity index (χ1v) is 11.3. The average molecular weight is 393 g/mol. The standard InChI is InChI=1S/C22H27N5O2/c28-18-22(3-4-23-18)10-15-11-24-20(25-16-6-12-1-2-14(16)5-12)26-17(15)27(19(22)29)21-7-13(8-21)9-21/h11-14,16H,1-10H2,(H,23,28)(H,24,25,26)/t12?,13?,14?,16?,21?,22-/m1/s1. The number of carbonyl (C=O) groups excluding carboxylic acids is 2. The maximum Gasteiger partial charge on any atom is 0.244 e. The molecule has 152 valence electrons. The maximum atomic E-state index is 13.7. The lowest BCUT2D eigenvalue weighted by Gasteiger charge is -2.67. The topological polar surface area (TPSA) is 87.2 Å². The van der Waals surface area contributed by atoms with E-state index >= 15 is 0 Å². The van der Waals surface area contributed by atoms with Crippen molar-refractivity contribution < 1.29 is 9.59 Å². The summed E-state index contributed by atoms with van der Waals surface area (Å²) in [4.78, 5) is 37.9. The van der Waals surface area contributed by atoms with Gasteiger partial charge in [-0.3, -0.25) is 14.5 Å². The number of fused-ring (bicyclic) bond motifs is 3. The number of hydrogen-bond acceptors (Lipinski definition) is 5. The van der Waals surface area contributed by atoms with E-state index in [2.05, 4.69) is 15.6 Å². The maximum absolute atomic E-state index is 13.7. The summed E-state index contributed by atoms with van der Waals surface area (Å²) < 4.78 is 0. The summed E-state index contributed by atoms with van der Waals surface area (Å²) in [5.74, 6) is 3.61. The summed E-state index contributed by atoms with van der Waals surface area (Å²) in [5, 5.41) is 6.49. The Hall–Kier alpha value is -2.18. The van der Waals surface area contributed by atoms with Gasteiger partial charge in [-0.25, -0.2) is 4.98 Å². The summed E-state index contributed by atoms with van der Waals surface area (Å²) in [6.45, 7) is 0.577. The quantitative estimate of drug-likeness (QED) is 0.768. The molecule has 8 rings (SSSR count). The van der Waals surface area contributed by atoms with Crippen molar-refractivity contribution in [3.05, 3.63) is 11.8 Å². The molecule has 1 spiro atoms. The van der Waals surface area contributed by atoms with Crippen LogP contribution in [-0.2, 0) is 16.0 Å². The van der Waals surface area contributed by atoms with Gasteiger partial charge in [0.25, 0.3) is 0 Å². The third-order valence-corrected chi connectivity index (χ3v) is 8.96. The summed E-state index contributed by atoms with van der Waals surface area (Å²) >= 11 is 0. The van der Waals surface area contributed by atoms with E-state index in [1.54, 1.807) is 0 Å². The number of amides is 2. The fourth-order valence-corrected chi connectivity index (χ4v) is 7.28. The Morgan fingerprint density at radius 1 is 1.14 bits per heavy atom. The van der Waals surface area contributed by atoms with E-state index < -0.39 is 5.41 Å². The van der Waals surface area contributed by atoms with E-state index in [0.717, 1.165) is 48.4 Å². The molecule has 7 aliphatic rings.